The highest BCUT2D eigenvalue weighted by molar-refractivity contribution is 5.82. The largest absolute Gasteiger partial charge is 0.494 e. The summed E-state index contributed by atoms with van der Waals surface area (Å²) in [5.74, 6) is -0.00218. The van der Waals surface area contributed by atoms with Crippen LogP contribution in [0.4, 0.5) is 0 Å². The molecule has 1 N–H and O–H groups in total. The number of likely N-dealkylation sites (tertiary alicyclic amines) is 2. The summed E-state index contributed by atoms with van der Waals surface area (Å²) in [5.41, 5.74) is 1.29. The number of hydrogen-bond donors (Lipinski definition) is 1. The lowest BCUT2D eigenvalue weighted by Gasteiger charge is -2.47. The molecule has 2 heterocycles. The van der Waals surface area contributed by atoms with Crippen LogP contribution in [-0.4, -0.2) is 59.6 Å². The molecule has 1 amide bonds. The zero-order chi connectivity index (χ0) is 18.6. The standard InChI is InChI=1S/C20H28N2O4/c1-2-26-17-6-4-3-5-16(17)13-21-11-9-20(10-12-21)8-7-18(23)22(15-20)14-19(24)25/h3-6H,2,7-15H2,1H3,(H,24,25). The van der Waals surface area contributed by atoms with Gasteiger partial charge >= 0.3 is 5.97 Å². The van der Waals surface area contributed by atoms with E-state index in [-0.39, 0.29) is 17.9 Å². The molecule has 2 fully saturated rings. The molecule has 6 heteroatoms. The van der Waals surface area contributed by atoms with Crippen LogP contribution in [0, 0.1) is 5.41 Å². The van der Waals surface area contributed by atoms with Crippen molar-refractivity contribution < 1.29 is 19.4 Å². The fraction of sp³-hybridized carbons (Fsp3) is 0.600. The number of para-hydroxylation sites is 1. The highest BCUT2D eigenvalue weighted by Crippen LogP contribution is 2.40. The quantitative estimate of drug-likeness (QED) is 0.843. The predicted molar refractivity (Wildman–Crippen MR) is 98.0 cm³/mol. The Balaban J connectivity index is 1.59. The summed E-state index contributed by atoms with van der Waals surface area (Å²) in [4.78, 5) is 27.0. The van der Waals surface area contributed by atoms with Crippen molar-refractivity contribution in [1.29, 1.82) is 0 Å². The number of benzene rings is 1. The highest BCUT2D eigenvalue weighted by Gasteiger charge is 2.41. The second kappa shape index (κ2) is 8.08. The molecule has 0 aliphatic carbocycles. The number of piperidine rings is 2. The van der Waals surface area contributed by atoms with Gasteiger partial charge in [0.1, 0.15) is 12.3 Å². The van der Waals surface area contributed by atoms with Crippen LogP contribution in [0.1, 0.15) is 38.2 Å². The second-order valence-electron chi connectivity index (χ2n) is 7.46. The van der Waals surface area contributed by atoms with Crippen molar-refractivity contribution in [2.45, 2.75) is 39.2 Å². The molecule has 0 radical (unpaired) electrons. The summed E-state index contributed by atoms with van der Waals surface area (Å²) >= 11 is 0. The summed E-state index contributed by atoms with van der Waals surface area (Å²) in [5, 5.41) is 9.03. The molecular weight excluding hydrogens is 332 g/mol. The molecule has 0 saturated carbocycles. The molecule has 2 aliphatic heterocycles. The van der Waals surface area contributed by atoms with Gasteiger partial charge in [-0.15, -0.1) is 0 Å². The van der Waals surface area contributed by atoms with Gasteiger partial charge in [-0.3, -0.25) is 14.5 Å². The summed E-state index contributed by atoms with van der Waals surface area (Å²) in [6.07, 6.45) is 3.37. The minimum Gasteiger partial charge on any atom is -0.494 e. The Hall–Kier alpha value is -2.08. The minimum atomic E-state index is -0.930. The molecule has 6 nitrogen and oxygen atoms in total. The topological polar surface area (TPSA) is 70.1 Å². The van der Waals surface area contributed by atoms with E-state index < -0.39 is 5.97 Å². The third-order valence-corrected chi connectivity index (χ3v) is 5.66. The first-order valence-electron chi connectivity index (χ1n) is 9.44. The van der Waals surface area contributed by atoms with E-state index in [0.29, 0.717) is 19.6 Å². The van der Waals surface area contributed by atoms with Crippen LogP contribution < -0.4 is 4.74 Å². The number of ether oxygens (including phenoxy) is 1. The van der Waals surface area contributed by atoms with Crippen LogP contribution in [0.5, 0.6) is 5.75 Å². The number of aliphatic carboxylic acids is 1. The van der Waals surface area contributed by atoms with E-state index in [1.807, 2.05) is 25.1 Å². The molecule has 0 unspecified atom stereocenters. The maximum Gasteiger partial charge on any atom is 0.323 e. The first-order chi connectivity index (χ1) is 12.5. The van der Waals surface area contributed by atoms with Gasteiger partial charge in [0.2, 0.25) is 5.91 Å². The smallest absolute Gasteiger partial charge is 0.323 e. The Morgan fingerprint density at radius 1 is 1.23 bits per heavy atom. The van der Waals surface area contributed by atoms with Gasteiger partial charge < -0.3 is 14.7 Å². The zero-order valence-electron chi connectivity index (χ0n) is 15.4. The molecule has 0 atom stereocenters. The average molecular weight is 360 g/mol. The second-order valence-corrected chi connectivity index (χ2v) is 7.46. The Labute approximate surface area is 154 Å². The minimum absolute atomic E-state index is 0.0221. The van der Waals surface area contributed by atoms with Crippen LogP contribution in [-0.2, 0) is 16.1 Å². The summed E-state index contributed by atoms with van der Waals surface area (Å²) in [6, 6.07) is 8.17. The monoisotopic (exact) mass is 360 g/mol. The van der Waals surface area contributed by atoms with Crippen molar-refractivity contribution in [3.63, 3.8) is 0 Å². The van der Waals surface area contributed by atoms with Gasteiger partial charge in [0.05, 0.1) is 6.61 Å². The van der Waals surface area contributed by atoms with Crippen LogP contribution in [0.3, 0.4) is 0 Å². The number of nitrogens with zero attached hydrogens (tertiary/aromatic N) is 2. The number of rotatable bonds is 6. The summed E-state index contributed by atoms with van der Waals surface area (Å²) in [6.45, 7) is 5.87. The van der Waals surface area contributed by atoms with E-state index in [1.165, 1.54) is 10.5 Å². The van der Waals surface area contributed by atoms with Crippen LogP contribution in [0.2, 0.25) is 0 Å². The van der Waals surface area contributed by atoms with Gasteiger partial charge in [-0.05, 0) is 50.8 Å². The number of amides is 1. The van der Waals surface area contributed by atoms with Crippen molar-refractivity contribution in [2.75, 3.05) is 32.8 Å². The fourth-order valence-corrected chi connectivity index (χ4v) is 4.17. The van der Waals surface area contributed by atoms with E-state index >= 15 is 0 Å². The number of hydrogen-bond acceptors (Lipinski definition) is 4. The van der Waals surface area contributed by atoms with Crippen molar-refractivity contribution in [3.8, 4) is 5.75 Å². The summed E-state index contributed by atoms with van der Waals surface area (Å²) < 4.78 is 5.72. The first kappa shape index (κ1) is 18.7. The molecule has 1 aromatic rings. The van der Waals surface area contributed by atoms with Gasteiger partial charge in [-0.25, -0.2) is 0 Å². The fourth-order valence-electron chi connectivity index (χ4n) is 4.17. The maximum atomic E-state index is 12.0. The number of carboxylic acid groups (broad SMARTS) is 1. The summed E-state index contributed by atoms with van der Waals surface area (Å²) in [7, 11) is 0. The Kier molecular flexibility index (Phi) is 5.81. The normalized spacial score (nSPS) is 20.3. The number of carbonyl (C=O) groups is 2. The Morgan fingerprint density at radius 2 is 1.96 bits per heavy atom. The zero-order valence-corrected chi connectivity index (χ0v) is 15.4. The van der Waals surface area contributed by atoms with E-state index in [9.17, 15) is 9.59 Å². The molecule has 1 spiro atoms. The maximum absolute atomic E-state index is 12.0. The van der Waals surface area contributed by atoms with E-state index in [0.717, 1.165) is 44.6 Å². The van der Waals surface area contributed by atoms with E-state index in [4.69, 9.17) is 9.84 Å². The molecule has 142 valence electrons. The third kappa shape index (κ3) is 4.36. The van der Waals surface area contributed by atoms with Gasteiger partial charge in [0, 0.05) is 25.1 Å². The van der Waals surface area contributed by atoms with Gasteiger partial charge in [0.25, 0.3) is 0 Å². The van der Waals surface area contributed by atoms with E-state index in [2.05, 4.69) is 11.0 Å². The van der Waals surface area contributed by atoms with Crippen LogP contribution in [0.15, 0.2) is 24.3 Å². The molecule has 3 rings (SSSR count). The van der Waals surface area contributed by atoms with Crippen molar-refractivity contribution >= 4 is 11.9 Å². The van der Waals surface area contributed by atoms with Crippen LogP contribution in [0.25, 0.3) is 0 Å². The average Bonchev–Trinajstić information content (AvgIpc) is 2.62. The van der Waals surface area contributed by atoms with Crippen LogP contribution >= 0.6 is 0 Å². The molecule has 1 aromatic carbocycles. The molecular formula is C20H28N2O4. The SMILES string of the molecule is CCOc1ccccc1CN1CCC2(CCC(=O)N(CC(=O)O)C2)CC1. The Bertz CT molecular complexity index is 653. The number of carbonyl (C=O) groups excluding carboxylic acids is 1. The van der Waals surface area contributed by atoms with Gasteiger partial charge in [-0.1, -0.05) is 18.2 Å². The molecule has 0 bridgehead atoms. The van der Waals surface area contributed by atoms with Gasteiger partial charge in [0.15, 0.2) is 0 Å². The third-order valence-electron chi connectivity index (χ3n) is 5.66. The van der Waals surface area contributed by atoms with E-state index in [1.54, 1.807) is 0 Å². The molecule has 0 aromatic heterocycles. The van der Waals surface area contributed by atoms with Crippen molar-refractivity contribution in [2.24, 2.45) is 5.41 Å². The van der Waals surface area contributed by atoms with Crippen molar-refractivity contribution in [1.82, 2.24) is 9.80 Å². The van der Waals surface area contributed by atoms with Crippen molar-refractivity contribution in [3.05, 3.63) is 29.8 Å². The molecule has 2 saturated heterocycles. The molecule has 26 heavy (non-hydrogen) atoms. The van der Waals surface area contributed by atoms with Gasteiger partial charge in [-0.2, -0.15) is 0 Å². The Morgan fingerprint density at radius 3 is 2.65 bits per heavy atom. The number of carboxylic acids is 1. The molecule has 2 aliphatic rings. The predicted octanol–water partition coefficient (Wildman–Crippen LogP) is 2.37. The highest BCUT2D eigenvalue weighted by atomic mass is 16.5. The lowest BCUT2D eigenvalue weighted by molar-refractivity contribution is -0.149. The lowest BCUT2D eigenvalue weighted by atomic mass is 9.72. The lowest BCUT2D eigenvalue weighted by Crippen LogP contribution is -2.52. The first-order valence-corrected chi connectivity index (χ1v) is 9.44.